The van der Waals surface area contributed by atoms with Gasteiger partial charge in [0.1, 0.15) is 5.82 Å². The maximum atomic E-state index is 13.1. The van der Waals surface area contributed by atoms with Crippen molar-refractivity contribution < 1.29 is 18.4 Å². The highest BCUT2D eigenvalue weighted by molar-refractivity contribution is 5.76. The summed E-state index contributed by atoms with van der Waals surface area (Å²) in [6, 6.07) is 8.12. The van der Waals surface area contributed by atoms with Crippen molar-refractivity contribution in [2.45, 2.75) is 19.3 Å². The second-order valence-electron chi connectivity index (χ2n) is 8.41. The third kappa shape index (κ3) is 6.35. The van der Waals surface area contributed by atoms with Crippen LogP contribution in [0, 0.1) is 17.7 Å². The fraction of sp³-hybridized carbons (Fsp3) is 0.565. The van der Waals surface area contributed by atoms with Crippen LogP contribution in [0.3, 0.4) is 0 Å². The van der Waals surface area contributed by atoms with Gasteiger partial charge in [-0.15, -0.1) is 0 Å². The molecule has 2 atom stereocenters. The number of hydrogen-bond donors (Lipinski definition) is 2. The van der Waals surface area contributed by atoms with Gasteiger partial charge < -0.3 is 19.9 Å². The molecular weight excluding hydrogens is 399 g/mol. The first-order chi connectivity index (χ1) is 15.2. The molecule has 1 aromatic carbocycles. The van der Waals surface area contributed by atoms with Crippen molar-refractivity contribution in [2.24, 2.45) is 11.8 Å². The van der Waals surface area contributed by atoms with Crippen molar-refractivity contribution in [2.75, 3.05) is 52.5 Å². The Kier molecular flexibility index (Phi) is 7.66. The zero-order valence-corrected chi connectivity index (χ0v) is 17.8. The number of hydrogen-bond acceptors (Lipinski definition) is 6. The summed E-state index contributed by atoms with van der Waals surface area (Å²) in [6.45, 7) is 6.76. The Morgan fingerprint density at radius 3 is 2.84 bits per heavy atom. The molecule has 2 N–H and O–H groups in total. The van der Waals surface area contributed by atoms with Gasteiger partial charge in [-0.3, -0.25) is 9.69 Å². The summed E-state index contributed by atoms with van der Waals surface area (Å²) in [6.07, 6.45) is 2.27. The number of benzene rings is 1. The van der Waals surface area contributed by atoms with E-state index in [0.717, 1.165) is 70.0 Å². The SMILES string of the molecule is O=C(C[C@@H]1CCNC[C@H]1Cc1cc(-c2ccc(F)cc2)on1)NCCN1CCOCC1. The summed E-state index contributed by atoms with van der Waals surface area (Å²) < 4.78 is 24.0. The number of carbonyl (C=O) groups is 1. The van der Waals surface area contributed by atoms with Gasteiger partial charge >= 0.3 is 0 Å². The summed E-state index contributed by atoms with van der Waals surface area (Å²) in [5.41, 5.74) is 1.67. The van der Waals surface area contributed by atoms with Crippen molar-refractivity contribution in [1.29, 1.82) is 0 Å². The normalized spacial score (nSPS) is 22.4. The quantitative estimate of drug-likeness (QED) is 0.668. The monoisotopic (exact) mass is 430 g/mol. The predicted octanol–water partition coefficient (Wildman–Crippen LogP) is 2.09. The fourth-order valence-corrected chi connectivity index (χ4v) is 4.40. The lowest BCUT2D eigenvalue weighted by molar-refractivity contribution is -0.122. The Morgan fingerprint density at radius 1 is 1.23 bits per heavy atom. The molecule has 0 radical (unpaired) electrons. The Hall–Kier alpha value is -2.29. The van der Waals surface area contributed by atoms with Crippen LogP contribution in [0.25, 0.3) is 11.3 Å². The number of carbonyl (C=O) groups excluding carboxylic acids is 1. The summed E-state index contributed by atoms with van der Waals surface area (Å²) in [5, 5.41) is 10.7. The summed E-state index contributed by atoms with van der Waals surface area (Å²) >= 11 is 0. The van der Waals surface area contributed by atoms with Crippen LogP contribution in [-0.2, 0) is 16.0 Å². The topological polar surface area (TPSA) is 79.6 Å². The van der Waals surface area contributed by atoms with Gasteiger partial charge in [0.25, 0.3) is 0 Å². The second kappa shape index (κ2) is 10.8. The van der Waals surface area contributed by atoms with E-state index in [4.69, 9.17) is 9.26 Å². The molecule has 2 aliphatic heterocycles. The molecule has 2 saturated heterocycles. The van der Waals surface area contributed by atoms with E-state index in [0.29, 0.717) is 30.6 Å². The highest BCUT2D eigenvalue weighted by Crippen LogP contribution is 2.28. The number of rotatable bonds is 8. The second-order valence-corrected chi connectivity index (χ2v) is 8.41. The first kappa shape index (κ1) is 21.9. The van der Waals surface area contributed by atoms with Gasteiger partial charge in [0.05, 0.1) is 18.9 Å². The molecule has 2 aromatic rings. The number of aromatic nitrogens is 1. The third-order valence-electron chi connectivity index (χ3n) is 6.23. The van der Waals surface area contributed by atoms with E-state index in [1.807, 2.05) is 6.07 Å². The van der Waals surface area contributed by atoms with Crippen LogP contribution >= 0.6 is 0 Å². The van der Waals surface area contributed by atoms with Crippen molar-refractivity contribution in [3.63, 3.8) is 0 Å². The minimum absolute atomic E-state index is 0.123. The largest absolute Gasteiger partial charge is 0.379 e. The van der Waals surface area contributed by atoms with Gasteiger partial charge in [0.2, 0.25) is 5.91 Å². The Morgan fingerprint density at radius 2 is 2.03 bits per heavy atom. The van der Waals surface area contributed by atoms with Gasteiger partial charge in [-0.2, -0.15) is 0 Å². The Labute approximate surface area is 182 Å². The highest BCUT2D eigenvalue weighted by Gasteiger charge is 2.28. The molecular formula is C23H31FN4O3. The minimum atomic E-state index is -0.275. The lowest BCUT2D eigenvalue weighted by atomic mass is 9.81. The van der Waals surface area contributed by atoms with E-state index in [1.54, 1.807) is 12.1 Å². The maximum Gasteiger partial charge on any atom is 0.220 e. The molecule has 0 unspecified atom stereocenters. The van der Waals surface area contributed by atoms with E-state index >= 15 is 0 Å². The number of nitrogens with zero attached hydrogens (tertiary/aromatic N) is 2. The van der Waals surface area contributed by atoms with Crippen molar-refractivity contribution in [3.05, 3.63) is 41.8 Å². The van der Waals surface area contributed by atoms with Crippen LogP contribution in [0.2, 0.25) is 0 Å². The zero-order chi connectivity index (χ0) is 21.5. The van der Waals surface area contributed by atoms with Crippen molar-refractivity contribution >= 4 is 5.91 Å². The minimum Gasteiger partial charge on any atom is -0.379 e. The van der Waals surface area contributed by atoms with Crippen molar-refractivity contribution in [1.82, 2.24) is 20.7 Å². The van der Waals surface area contributed by atoms with Crippen molar-refractivity contribution in [3.8, 4) is 11.3 Å². The fourth-order valence-electron chi connectivity index (χ4n) is 4.40. The molecule has 7 nitrogen and oxygen atoms in total. The number of amides is 1. The predicted molar refractivity (Wildman–Crippen MR) is 115 cm³/mol. The summed E-state index contributed by atoms with van der Waals surface area (Å²) in [5.74, 6) is 1.12. The number of halogens is 1. The number of morpholine rings is 1. The number of piperidine rings is 1. The summed E-state index contributed by atoms with van der Waals surface area (Å²) in [7, 11) is 0. The van der Waals surface area contributed by atoms with Gasteiger partial charge in [-0.25, -0.2) is 4.39 Å². The molecule has 2 fully saturated rings. The smallest absolute Gasteiger partial charge is 0.220 e. The molecule has 168 valence electrons. The Balaban J connectivity index is 1.27. The molecule has 1 amide bonds. The lowest BCUT2D eigenvalue weighted by Crippen LogP contribution is -2.43. The van der Waals surface area contributed by atoms with Crippen LogP contribution in [0.1, 0.15) is 18.5 Å². The van der Waals surface area contributed by atoms with Gasteiger partial charge in [-0.1, -0.05) is 5.16 Å². The summed E-state index contributed by atoms with van der Waals surface area (Å²) in [4.78, 5) is 14.8. The zero-order valence-electron chi connectivity index (χ0n) is 17.8. The molecule has 3 heterocycles. The molecule has 2 aliphatic rings. The highest BCUT2D eigenvalue weighted by atomic mass is 19.1. The molecule has 4 rings (SSSR count). The molecule has 31 heavy (non-hydrogen) atoms. The molecule has 0 bridgehead atoms. The Bertz CT molecular complexity index is 836. The van der Waals surface area contributed by atoms with E-state index in [1.165, 1.54) is 12.1 Å². The van der Waals surface area contributed by atoms with Gasteiger partial charge in [0, 0.05) is 44.2 Å². The molecule has 0 spiro atoms. The van der Waals surface area contributed by atoms with Crippen LogP contribution in [-0.4, -0.2) is 68.4 Å². The van der Waals surface area contributed by atoms with Crippen LogP contribution < -0.4 is 10.6 Å². The standard InChI is InChI=1S/C23H31FN4O3/c24-20-3-1-17(2-4-20)22-15-21(27-31-22)13-19-16-25-6-5-18(19)14-23(29)26-7-8-28-9-11-30-12-10-28/h1-4,15,18-19,25H,5-14,16H2,(H,26,29)/t18-,19+/m0/s1. The van der Waals surface area contributed by atoms with E-state index in [9.17, 15) is 9.18 Å². The first-order valence-corrected chi connectivity index (χ1v) is 11.2. The maximum absolute atomic E-state index is 13.1. The average molecular weight is 431 g/mol. The van der Waals surface area contributed by atoms with Crippen LogP contribution in [0.5, 0.6) is 0 Å². The molecule has 0 aliphatic carbocycles. The van der Waals surface area contributed by atoms with Crippen LogP contribution in [0.15, 0.2) is 34.9 Å². The van der Waals surface area contributed by atoms with Gasteiger partial charge in [0.15, 0.2) is 5.76 Å². The molecule has 1 aromatic heterocycles. The molecule has 8 heteroatoms. The van der Waals surface area contributed by atoms with E-state index in [2.05, 4.69) is 20.7 Å². The average Bonchev–Trinajstić information content (AvgIpc) is 3.25. The molecule has 0 saturated carbocycles. The van der Waals surface area contributed by atoms with E-state index in [-0.39, 0.29) is 11.7 Å². The lowest BCUT2D eigenvalue weighted by Gasteiger charge is -2.31. The van der Waals surface area contributed by atoms with E-state index < -0.39 is 0 Å². The van der Waals surface area contributed by atoms with Crippen LogP contribution in [0.4, 0.5) is 4.39 Å². The third-order valence-corrected chi connectivity index (χ3v) is 6.23. The first-order valence-electron chi connectivity index (χ1n) is 11.2. The number of nitrogens with one attached hydrogen (secondary N) is 2. The number of ether oxygens (including phenoxy) is 1. The van der Waals surface area contributed by atoms with Gasteiger partial charge in [-0.05, 0) is 62.0 Å².